The standard InChI is InChI=1S/C7H4ClF2N3/c8-4-2-13-7(12)5(6(9)10)3(4)1-11/h2,6H,(H2,12,13). The maximum Gasteiger partial charge on any atom is 0.268 e. The van der Waals surface area contributed by atoms with Gasteiger partial charge >= 0.3 is 0 Å². The van der Waals surface area contributed by atoms with Crippen molar-refractivity contribution >= 4 is 17.4 Å². The van der Waals surface area contributed by atoms with Gasteiger partial charge in [0, 0.05) is 6.20 Å². The predicted octanol–water partition coefficient (Wildman–Crippen LogP) is 2.13. The summed E-state index contributed by atoms with van der Waals surface area (Å²) >= 11 is 5.47. The molecule has 0 amide bonds. The van der Waals surface area contributed by atoms with E-state index in [1.807, 2.05) is 0 Å². The quantitative estimate of drug-likeness (QED) is 0.761. The third-order valence-corrected chi connectivity index (χ3v) is 1.72. The lowest BCUT2D eigenvalue weighted by atomic mass is 10.1. The molecule has 2 N–H and O–H groups in total. The molecule has 0 aliphatic rings. The number of hydrogen-bond donors (Lipinski definition) is 1. The van der Waals surface area contributed by atoms with E-state index in [1.165, 1.54) is 0 Å². The van der Waals surface area contributed by atoms with Crippen LogP contribution < -0.4 is 5.73 Å². The van der Waals surface area contributed by atoms with E-state index in [2.05, 4.69) is 4.98 Å². The number of nitrogens with zero attached hydrogens (tertiary/aromatic N) is 2. The first kappa shape index (κ1) is 9.68. The number of nitrogen functional groups attached to an aromatic ring is 1. The maximum atomic E-state index is 12.3. The number of halogens is 3. The van der Waals surface area contributed by atoms with Crippen molar-refractivity contribution in [1.29, 1.82) is 5.26 Å². The van der Waals surface area contributed by atoms with Crippen LogP contribution in [0, 0.1) is 11.3 Å². The van der Waals surface area contributed by atoms with Crippen molar-refractivity contribution in [3.05, 3.63) is 22.3 Å². The fourth-order valence-corrected chi connectivity index (χ4v) is 1.04. The highest BCUT2D eigenvalue weighted by molar-refractivity contribution is 6.31. The summed E-state index contributed by atoms with van der Waals surface area (Å²) in [5.74, 6) is -0.365. The first-order valence-electron chi connectivity index (χ1n) is 3.20. The van der Waals surface area contributed by atoms with Crippen molar-refractivity contribution in [3.8, 4) is 6.07 Å². The Morgan fingerprint density at radius 1 is 1.62 bits per heavy atom. The molecule has 68 valence electrons. The monoisotopic (exact) mass is 203 g/mol. The van der Waals surface area contributed by atoms with Crippen molar-refractivity contribution in [2.45, 2.75) is 6.43 Å². The molecule has 13 heavy (non-hydrogen) atoms. The molecule has 0 unspecified atom stereocenters. The first-order valence-corrected chi connectivity index (χ1v) is 3.57. The predicted molar refractivity (Wildman–Crippen MR) is 43.3 cm³/mol. The summed E-state index contributed by atoms with van der Waals surface area (Å²) in [7, 11) is 0. The Morgan fingerprint density at radius 2 is 2.23 bits per heavy atom. The molecule has 1 aromatic rings. The summed E-state index contributed by atoms with van der Waals surface area (Å²) in [5, 5.41) is 8.40. The van der Waals surface area contributed by atoms with Crippen molar-refractivity contribution in [3.63, 3.8) is 0 Å². The Bertz CT molecular complexity index is 373. The van der Waals surface area contributed by atoms with Crippen LogP contribution in [-0.2, 0) is 0 Å². The summed E-state index contributed by atoms with van der Waals surface area (Å²) in [5.41, 5.74) is 4.25. The van der Waals surface area contributed by atoms with Crippen LogP contribution in [0.2, 0.25) is 5.02 Å². The van der Waals surface area contributed by atoms with Gasteiger partial charge in [-0.3, -0.25) is 0 Å². The van der Waals surface area contributed by atoms with Crippen molar-refractivity contribution in [2.75, 3.05) is 5.73 Å². The summed E-state index contributed by atoms with van der Waals surface area (Å²) in [4.78, 5) is 3.42. The van der Waals surface area contributed by atoms with Crippen LogP contribution in [-0.4, -0.2) is 4.98 Å². The topological polar surface area (TPSA) is 62.7 Å². The molecule has 0 aliphatic heterocycles. The molecule has 0 spiro atoms. The number of hydrogen-bond acceptors (Lipinski definition) is 3. The van der Waals surface area contributed by atoms with Crippen molar-refractivity contribution < 1.29 is 8.78 Å². The minimum absolute atomic E-state index is 0.119. The van der Waals surface area contributed by atoms with Gasteiger partial charge in [0.1, 0.15) is 11.9 Å². The fourth-order valence-electron chi connectivity index (χ4n) is 0.852. The van der Waals surface area contributed by atoms with Gasteiger partial charge in [-0.25, -0.2) is 13.8 Å². The Labute approximate surface area is 77.7 Å². The molecule has 0 atom stereocenters. The molecule has 1 rings (SSSR count). The molecule has 1 heterocycles. The Morgan fingerprint density at radius 3 is 2.62 bits per heavy atom. The Hall–Kier alpha value is -1.41. The summed E-state index contributed by atoms with van der Waals surface area (Å²) < 4.78 is 24.7. The largest absolute Gasteiger partial charge is 0.383 e. The van der Waals surface area contributed by atoms with Crippen LogP contribution in [0.5, 0.6) is 0 Å². The second kappa shape index (κ2) is 3.54. The lowest BCUT2D eigenvalue weighted by Gasteiger charge is -2.06. The van der Waals surface area contributed by atoms with Gasteiger partial charge in [0.2, 0.25) is 0 Å². The van der Waals surface area contributed by atoms with Crippen LogP contribution in [0.3, 0.4) is 0 Å². The number of aromatic nitrogens is 1. The van der Waals surface area contributed by atoms with E-state index in [1.54, 1.807) is 6.07 Å². The number of pyridine rings is 1. The molecule has 0 fully saturated rings. The molecule has 0 aliphatic carbocycles. The van der Waals surface area contributed by atoms with Crippen LogP contribution in [0.15, 0.2) is 6.20 Å². The number of nitrogens with two attached hydrogens (primary N) is 1. The zero-order valence-electron chi connectivity index (χ0n) is 6.26. The highest BCUT2D eigenvalue weighted by atomic mass is 35.5. The first-order chi connectivity index (χ1) is 6.07. The van der Waals surface area contributed by atoms with Gasteiger partial charge in [-0.1, -0.05) is 11.6 Å². The molecule has 0 bridgehead atoms. The Kier molecular flexibility index (Phi) is 2.63. The fraction of sp³-hybridized carbons (Fsp3) is 0.143. The minimum Gasteiger partial charge on any atom is -0.383 e. The third-order valence-electron chi connectivity index (χ3n) is 1.43. The van der Waals surface area contributed by atoms with E-state index in [-0.39, 0.29) is 16.4 Å². The number of nitriles is 1. The molecule has 0 saturated heterocycles. The molecule has 3 nitrogen and oxygen atoms in total. The second-order valence-electron chi connectivity index (χ2n) is 2.19. The van der Waals surface area contributed by atoms with Gasteiger partial charge in [0.15, 0.2) is 0 Å². The SMILES string of the molecule is N#Cc1c(Cl)cnc(N)c1C(F)F. The molecular formula is C7H4ClF2N3. The van der Waals surface area contributed by atoms with Crippen LogP contribution >= 0.6 is 11.6 Å². The maximum absolute atomic E-state index is 12.3. The average molecular weight is 204 g/mol. The van der Waals surface area contributed by atoms with E-state index in [9.17, 15) is 8.78 Å². The van der Waals surface area contributed by atoms with Gasteiger partial charge in [-0.2, -0.15) is 5.26 Å². The van der Waals surface area contributed by atoms with Gasteiger partial charge in [0.25, 0.3) is 6.43 Å². The smallest absolute Gasteiger partial charge is 0.268 e. The average Bonchev–Trinajstić information content (AvgIpc) is 2.07. The number of anilines is 1. The summed E-state index contributed by atoms with van der Waals surface area (Å²) in [6, 6.07) is 1.55. The molecule has 6 heteroatoms. The zero-order valence-corrected chi connectivity index (χ0v) is 7.02. The van der Waals surface area contributed by atoms with Gasteiger partial charge in [-0.05, 0) is 0 Å². The third kappa shape index (κ3) is 1.68. The van der Waals surface area contributed by atoms with E-state index < -0.39 is 12.0 Å². The van der Waals surface area contributed by atoms with E-state index in [0.29, 0.717) is 0 Å². The minimum atomic E-state index is -2.85. The van der Waals surface area contributed by atoms with Crippen molar-refractivity contribution in [2.24, 2.45) is 0 Å². The van der Waals surface area contributed by atoms with Crippen LogP contribution in [0.4, 0.5) is 14.6 Å². The van der Waals surface area contributed by atoms with Crippen molar-refractivity contribution in [1.82, 2.24) is 4.98 Å². The number of rotatable bonds is 1. The molecule has 1 aromatic heterocycles. The lowest BCUT2D eigenvalue weighted by Crippen LogP contribution is -2.01. The van der Waals surface area contributed by atoms with E-state index in [0.717, 1.165) is 6.20 Å². The van der Waals surface area contributed by atoms with E-state index >= 15 is 0 Å². The van der Waals surface area contributed by atoms with Crippen LogP contribution in [0.1, 0.15) is 17.6 Å². The molecule has 0 aromatic carbocycles. The van der Waals surface area contributed by atoms with Gasteiger partial charge in [0.05, 0.1) is 16.1 Å². The summed E-state index contributed by atoms with van der Waals surface area (Å²) in [6.07, 6.45) is -1.78. The highest BCUT2D eigenvalue weighted by Gasteiger charge is 2.20. The van der Waals surface area contributed by atoms with Crippen LogP contribution in [0.25, 0.3) is 0 Å². The summed E-state index contributed by atoms with van der Waals surface area (Å²) in [6.45, 7) is 0. The second-order valence-corrected chi connectivity index (χ2v) is 2.60. The number of alkyl halides is 2. The molecule has 0 radical (unpaired) electrons. The molecule has 0 saturated carbocycles. The van der Waals surface area contributed by atoms with E-state index in [4.69, 9.17) is 22.6 Å². The normalized spacial score (nSPS) is 10.1. The van der Waals surface area contributed by atoms with Gasteiger partial charge < -0.3 is 5.73 Å². The van der Waals surface area contributed by atoms with Gasteiger partial charge in [-0.15, -0.1) is 0 Å². The highest BCUT2D eigenvalue weighted by Crippen LogP contribution is 2.30. The molecular weight excluding hydrogens is 200 g/mol. The zero-order chi connectivity index (χ0) is 10.0. The lowest BCUT2D eigenvalue weighted by molar-refractivity contribution is 0.151. The Balaban J connectivity index is 3.46.